The van der Waals surface area contributed by atoms with Crippen LogP contribution in [0.3, 0.4) is 0 Å². The number of non-ortho nitro benzene ring substituents is 1. The topological polar surface area (TPSA) is 135 Å². The Balaban J connectivity index is 1.88. The Morgan fingerprint density at radius 3 is 2.48 bits per heavy atom. The fraction of sp³-hybridized carbons (Fsp3) is 0.238. The van der Waals surface area contributed by atoms with Crippen molar-refractivity contribution < 1.29 is 22.9 Å². The van der Waals surface area contributed by atoms with Gasteiger partial charge in [0.25, 0.3) is 17.5 Å². The van der Waals surface area contributed by atoms with Crippen LogP contribution in [0.1, 0.15) is 27.9 Å². The fourth-order valence-electron chi connectivity index (χ4n) is 3.12. The smallest absolute Gasteiger partial charge is 0.270 e. The SMILES string of the molecule is Cc1ccc(C(=O)N/C(=C\c2cccc([N+](=O)[O-])c2)C(=O)NC2CCS(=O)(=O)C2)cc1. The molecule has 31 heavy (non-hydrogen) atoms. The minimum atomic E-state index is -3.21. The van der Waals surface area contributed by atoms with Gasteiger partial charge >= 0.3 is 0 Å². The summed E-state index contributed by atoms with van der Waals surface area (Å²) in [6, 6.07) is 11.8. The zero-order valence-electron chi connectivity index (χ0n) is 16.7. The molecular formula is C21H21N3O6S. The maximum atomic E-state index is 12.8. The number of benzene rings is 2. The third-order valence-electron chi connectivity index (χ3n) is 4.77. The maximum Gasteiger partial charge on any atom is 0.270 e. The first-order valence-corrected chi connectivity index (χ1v) is 11.3. The van der Waals surface area contributed by atoms with Crippen molar-refractivity contribution in [3.63, 3.8) is 0 Å². The number of rotatable bonds is 6. The molecule has 2 amide bonds. The number of nitro groups is 1. The molecular weight excluding hydrogens is 422 g/mol. The van der Waals surface area contributed by atoms with Gasteiger partial charge in [-0.25, -0.2) is 8.42 Å². The molecule has 1 fully saturated rings. The summed E-state index contributed by atoms with van der Waals surface area (Å²) >= 11 is 0. The van der Waals surface area contributed by atoms with Crippen molar-refractivity contribution in [1.29, 1.82) is 0 Å². The molecule has 0 aliphatic carbocycles. The molecule has 2 aromatic rings. The van der Waals surface area contributed by atoms with Gasteiger partial charge in [-0.3, -0.25) is 19.7 Å². The monoisotopic (exact) mass is 443 g/mol. The van der Waals surface area contributed by atoms with E-state index in [4.69, 9.17) is 0 Å². The molecule has 3 rings (SSSR count). The Morgan fingerprint density at radius 1 is 1.16 bits per heavy atom. The second kappa shape index (κ2) is 9.09. The number of sulfone groups is 1. The second-order valence-corrected chi connectivity index (χ2v) is 9.53. The Kier molecular flexibility index (Phi) is 6.50. The molecule has 0 bridgehead atoms. The lowest BCUT2D eigenvalue weighted by molar-refractivity contribution is -0.384. The Morgan fingerprint density at radius 2 is 1.87 bits per heavy atom. The lowest BCUT2D eigenvalue weighted by Gasteiger charge is -2.14. The number of hydrogen-bond acceptors (Lipinski definition) is 6. The Bertz CT molecular complexity index is 1160. The second-order valence-electron chi connectivity index (χ2n) is 7.30. The summed E-state index contributed by atoms with van der Waals surface area (Å²) in [5, 5.41) is 16.2. The number of carbonyl (C=O) groups is 2. The normalized spacial score (nSPS) is 17.7. The first-order chi connectivity index (χ1) is 14.6. The standard InChI is InChI=1S/C21H21N3O6S/c1-14-5-7-16(8-6-14)20(25)23-19(12-15-3-2-4-18(11-15)24(27)28)21(26)22-17-9-10-31(29,30)13-17/h2-8,11-12,17H,9-10,13H2,1H3,(H,22,26)(H,23,25)/b19-12-. The first kappa shape index (κ1) is 22.2. The van der Waals surface area contributed by atoms with Gasteiger partial charge in [-0.1, -0.05) is 29.8 Å². The van der Waals surface area contributed by atoms with Crippen LogP contribution in [-0.4, -0.2) is 42.7 Å². The van der Waals surface area contributed by atoms with Gasteiger partial charge in [0, 0.05) is 23.7 Å². The fourth-order valence-corrected chi connectivity index (χ4v) is 4.80. The highest BCUT2D eigenvalue weighted by Crippen LogP contribution is 2.17. The van der Waals surface area contributed by atoms with Crippen molar-refractivity contribution in [3.8, 4) is 0 Å². The van der Waals surface area contributed by atoms with Crippen LogP contribution >= 0.6 is 0 Å². The highest BCUT2D eigenvalue weighted by Gasteiger charge is 2.30. The average Bonchev–Trinajstić information content (AvgIpc) is 3.06. The van der Waals surface area contributed by atoms with E-state index in [1.54, 1.807) is 30.3 Å². The lowest BCUT2D eigenvalue weighted by atomic mass is 10.1. The third-order valence-corrected chi connectivity index (χ3v) is 6.53. The van der Waals surface area contributed by atoms with Gasteiger partial charge in [-0.2, -0.15) is 0 Å². The zero-order valence-corrected chi connectivity index (χ0v) is 17.5. The van der Waals surface area contributed by atoms with Crippen molar-refractivity contribution in [2.24, 2.45) is 0 Å². The van der Waals surface area contributed by atoms with E-state index in [2.05, 4.69) is 10.6 Å². The minimum absolute atomic E-state index is 0.0163. The number of amides is 2. The molecule has 10 heteroatoms. The number of aryl methyl sites for hydroxylation is 1. The van der Waals surface area contributed by atoms with E-state index in [1.165, 1.54) is 24.3 Å². The number of carbonyl (C=O) groups excluding carboxylic acids is 2. The van der Waals surface area contributed by atoms with Gasteiger partial charge in [0.15, 0.2) is 9.84 Å². The van der Waals surface area contributed by atoms with Crippen molar-refractivity contribution >= 4 is 33.4 Å². The lowest BCUT2D eigenvalue weighted by Crippen LogP contribution is -2.41. The number of nitrogens with one attached hydrogen (secondary N) is 2. The molecule has 1 heterocycles. The summed E-state index contributed by atoms with van der Waals surface area (Å²) in [6.45, 7) is 1.87. The van der Waals surface area contributed by atoms with Gasteiger partial charge in [-0.05, 0) is 37.1 Å². The Labute approximate surface area is 179 Å². The molecule has 0 aromatic heterocycles. The highest BCUT2D eigenvalue weighted by molar-refractivity contribution is 7.91. The van der Waals surface area contributed by atoms with E-state index in [0.29, 0.717) is 11.1 Å². The quantitative estimate of drug-likeness (QED) is 0.398. The predicted molar refractivity (Wildman–Crippen MR) is 115 cm³/mol. The molecule has 9 nitrogen and oxygen atoms in total. The number of hydrogen-bond donors (Lipinski definition) is 2. The number of nitro benzene ring substituents is 1. The highest BCUT2D eigenvalue weighted by atomic mass is 32.2. The molecule has 1 unspecified atom stereocenters. The van der Waals surface area contributed by atoms with E-state index in [-0.39, 0.29) is 29.3 Å². The molecule has 1 atom stereocenters. The van der Waals surface area contributed by atoms with Crippen LogP contribution in [0.2, 0.25) is 0 Å². The maximum absolute atomic E-state index is 12.8. The van der Waals surface area contributed by atoms with Crippen LogP contribution in [0, 0.1) is 17.0 Å². The summed E-state index contributed by atoms with van der Waals surface area (Å²) < 4.78 is 23.4. The van der Waals surface area contributed by atoms with Gasteiger partial charge < -0.3 is 10.6 Å². The molecule has 2 N–H and O–H groups in total. The van der Waals surface area contributed by atoms with Crippen molar-refractivity contribution in [2.45, 2.75) is 19.4 Å². The largest absolute Gasteiger partial charge is 0.347 e. The molecule has 0 saturated carbocycles. The molecule has 1 saturated heterocycles. The molecule has 0 spiro atoms. The van der Waals surface area contributed by atoms with E-state index < -0.39 is 32.6 Å². The zero-order chi connectivity index (χ0) is 22.6. The van der Waals surface area contributed by atoms with Gasteiger partial charge in [0.1, 0.15) is 5.70 Å². The summed E-state index contributed by atoms with van der Waals surface area (Å²) in [5.41, 5.74) is 1.31. The molecule has 1 aliphatic rings. The molecule has 2 aromatic carbocycles. The van der Waals surface area contributed by atoms with Gasteiger partial charge in [0.2, 0.25) is 0 Å². The van der Waals surface area contributed by atoms with Crippen LogP contribution in [0.5, 0.6) is 0 Å². The van der Waals surface area contributed by atoms with Gasteiger partial charge in [-0.15, -0.1) is 0 Å². The van der Waals surface area contributed by atoms with Crippen LogP contribution in [0.25, 0.3) is 6.08 Å². The number of nitrogens with zero attached hydrogens (tertiary/aromatic N) is 1. The van der Waals surface area contributed by atoms with Crippen LogP contribution < -0.4 is 10.6 Å². The average molecular weight is 443 g/mol. The van der Waals surface area contributed by atoms with Crippen molar-refractivity contribution in [1.82, 2.24) is 10.6 Å². The minimum Gasteiger partial charge on any atom is -0.347 e. The summed E-state index contributed by atoms with van der Waals surface area (Å²) in [5.74, 6) is -1.40. The van der Waals surface area contributed by atoms with Crippen molar-refractivity contribution in [3.05, 3.63) is 81.0 Å². The summed E-state index contributed by atoms with van der Waals surface area (Å²) in [4.78, 5) is 35.9. The van der Waals surface area contributed by atoms with E-state index in [9.17, 15) is 28.1 Å². The molecule has 162 valence electrons. The summed E-state index contributed by atoms with van der Waals surface area (Å²) in [7, 11) is -3.21. The van der Waals surface area contributed by atoms with E-state index in [1.807, 2.05) is 6.92 Å². The van der Waals surface area contributed by atoms with Crippen LogP contribution in [0.4, 0.5) is 5.69 Å². The first-order valence-electron chi connectivity index (χ1n) is 9.48. The van der Waals surface area contributed by atoms with Crippen LogP contribution in [0.15, 0.2) is 54.2 Å². The molecule has 1 aliphatic heterocycles. The predicted octanol–water partition coefficient (Wildman–Crippen LogP) is 1.98. The van der Waals surface area contributed by atoms with Gasteiger partial charge in [0.05, 0.1) is 16.4 Å². The third kappa shape index (κ3) is 5.98. The summed E-state index contributed by atoms with van der Waals surface area (Å²) in [6.07, 6.45) is 1.60. The molecule has 0 radical (unpaired) electrons. The van der Waals surface area contributed by atoms with E-state index in [0.717, 1.165) is 5.56 Å². The van der Waals surface area contributed by atoms with Crippen molar-refractivity contribution in [2.75, 3.05) is 11.5 Å². The van der Waals surface area contributed by atoms with Crippen LogP contribution in [-0.2, 0) is 14.6 Å². The van der Waals surface area contributed by atoms with E-state index >= 15 is 0 Å². The Hall–Kier alpha value is -3.53.